The fraction of sp³-hybridized carbons (Fsp3) is 0.0588. The zero-order valence-electron chi connectivity index (χ0n) is 23.8. The molecule has 0 saturated carbocycles. The SMILES string of the molecule is O=C(Nc1ccc(Oc2c(F)c(F)c(Oc3ccc(NC(=O)OCc4ccccc4)cc3)c(F)c2F)cc1)OCc1ccccc1. The molecule has 0 unspecified atom stereocenters. The summed E-state index contributed by atoms with van der Waals surface area (Å²) >= 11 is 0. The Morgan fingerprint density at radius 2 is 0.804 bits per heavy atom. The number of carbonyl (C=O) groups is 2. The third-order valence-electron chi connectivity index (χ3n) is 6.25. The van der Waals surface area contributed by atoms with E-state index in [0.717, 1.165) is 11.1 Å². The minimum Gasteiger partial charge on any atom is -0.451 e. The van der Waals surface area contributed by atoms with Gasteiger partial charge in [-0.25, -0.2) is 9.59 Å². The van der Waals surface area contributed by atoms with Crippen LogP contribution in [-0.2, 0) is 22.7 Å². The van der Waals surface area contributed by atoms with Gasteiger partial charge in [0.05, 0.1) is 0 Å². The second kappa shape index (κ2) is 14.6. The Labute approximate surface area is 260 Å². The van der Waals surface area contributed by atoms with Crippen LogP contribution in [0.1, 0.15) is 11.1 Å². The first-order valence-corrected chi connectivity index (χ1v) is 13.6. The number of anilines is 2. The van der Waals surface area contributed by atoms with Crippen LogP contribution in [0.5, 0.6) is 23.0 Å². The highest BCUT2D eigenvalue weighted by atomic mass is 19.2. The molecule has 0 aliphatic rings. The molecule has 8 nitrogen and oxygen atoms in total. The molecule has 2 N–H and O–H groups in total. The average Bonchev–Trinajstić information content (AvgIpc) is 3.08. The topological polar surface area (TPSA) is 95.1 Å². The van der Waals surface area contributed by atoms with Gasteiger partial charge in [-0.15, -0.1) is 0 Å². The maximum Gasteiger partial charge on any atom is 0.411 e. The molecular formula is C34H24F4N2O6. The Bertz CT molecular complexity index is 1640. The van der Waals surface area contributed by atoms with Gasteiger partial charge in [0.1, 0.15) is 24.7 Å². The van der Waals surface area contributed by atoms with Crippen LogP contribution in [0.2, 0.25) is 0 Å². The Morgan fingerprint density at radius 1 is 0.478 bits per heavy atom. The summed E-state index contributed by atoms with van der Waals surface area (Å²) in [5.41, 5.74) is 2.09. The van der Waals surface area contributed by atoms with Crippen LogP contribution in [0, 0.1) is 23.3 Å². The standard InChI is InChI=1S/C34H24F4N2O6/c35-27-29(37)32(46-26-17-13-24(14-18-26)40-34(42)44-20-22-9-5-2-6-10-22)30(38)28(36)31(27)45-25-15-11-23(12-16-25)39-33(41)43-19-21-7-3-1-4-8-21/h1-18H,19-20H2,(H,39,41)(H,40,42). The number of hydrogen-bond donors (Lipinski definition) is 2. The molecule has 0 atom stereocenters. The first-order valence-electron chi connectivity index (χ1n) is 13.6. The van der Waals surface area contributed by atoms with Gasteiger partial charge in [-0.2, -0.15) is 17.6 Å². The molecule has 46 heavy (non-hydrogen) atoms. The van der Waals surface area contributed by atoms with E-state index in [9.17, 15) is 27.2 Å². The van der Waals surface area contributed by atoms with Crippen LogP contribution in [0.4, 0.5) is 38.5 Å². The summed E-state index contributed by atoms with van der Waals surface area (Å²) in [4.78, 5) is 24.1. The monoisotopic (exact) mass is 632 g/mol. The van der Waals surface area contributed by atoms with Crippen molar-refractivity contribution in [2.24, 2.45) is 0 Å². The fourth-order valence-corrected chi connectivity index (χ4v) is 3.97. The summed E-state index contributed by atoms with van der Waals surface area (Å²) in [6.07, 6.45) is -1.50. The van der Waals surface area contributed by atoms with Gasteiger partial charge in [-0.05, 0) is 59.7 Å². The Kier molecular flexibility index (Phi) is 9.98. The first kappa shape index (κ1) is 31.4. The molecule has 12 heteroatoms. The van der Waals surface area contributed by atoms with E-state index in [-0.39, 0.29) is 36.1 Å². The number of nitrogens with one attached hydrogen (secondary N) is 2. The van der Waals surface area contributed by atoms with Gasteiger partial charge < -0.3 is 18.9 Å². The predicted molar refractivity (Wildman–Crippen MR) is 160 cm³/mol. The van der Waals surface area contributed by atoms with Gasteiger partial charge in [0.15, 0.2) is 0 Å². The highest BCUT2D eigenvalue weighted by molar-refractivity contribution is 5.85. The molecule has 0 heterocycles. The summed E-state index contributed by atoms with van der Waals surface area (Å²) < 4.78 is 79.8. The first-order chi connectivity index (χ1) is 22.3. The molecule has 5 aromatic carbocycles. The largest absolute Gasteiger partial charge is 0.451 e. The summed E-state index contributed by atoms with van der Waals surface area (Å²) in [7, 11) is 0. The number of carbonyl (C=O) groups excluding carboxylic acids is 2. The number of ether oxygens (including phenoxy) is 4. The van der Waals surface area contributed by atoms with Crippen LogP contribution in [0.3, 0.4) is 0 Å². The lowest BCUT2D eigenvalue weighted by Crippen LogP contribution is -2.13. The van der Waals surface area contributed by atoms with Crippen LogP contribution in [-0.4, -0.2) is 12.2 Å². The van der Waals surface area contributed by atoms with E-state index >= 15 is 0 Å². The van der Waals surface area contributed by atoms with Crippen molar-refractivity contribution in [1.29, 1.82) is 0 Å². The molecule has 0 saturated heterocycles. The molecule has 0 aliphatic carbocycles. The maximum absolute atomic E-state index is 14.8. The van der Waals surface area contributed by atoms with Gasteiger partial charge in [0, 0.05) is 11.4 Å². The molecule has 0 fully saturated rings. The molecule has 5 aromatic rings. The zero-order chi connectivity index (χ0) is 32.5. The van der Waals surface area contributed by atoms with Gasteiger partial charge in [-0.1, -0.05) is 60.7 Å². The number of benzene rings is 5. The lowest BCUT2D eigenvalue weighted by Gasteiger charge is -2.14. The van der Waals surface area contributed by atoms with E-state index in [1.807, 2.05) is 12.1 Å². The molecule has 0 aliphatic heterocycles. The Hall–Kier alpha value is -6.04. The molecule has 5 rings (SSSR count). The summed E-state index contributed by atoms with van der Waals surface area (Å²) in [6, 6.07) is 28.2. The van der Waals surface area contributed by atoms with E-state index in [1.54, 1.807) is 48.5 Å². The minimum absolute atomic E-state index is 0.0395. The van der Waals surface area contributed by atoms with Crippen molar-refractivity contribution in [3.8, 4) is 23.0 Å². The van der Waals surface area contributed by atoms with E-state index < -0.39 is 47.0 Å². The molecule has 234 valence electrons. The smallest absolute Gasteiger partial charge is 0.411 e. The van der Waals surface area contributed by atoms with Gasteiger partial charge in [0.2, 0.25) is 34.8 Å². The number of amides is 2. The summed E-state index contributed by atoms with van der Waals surface area (Å²) in [5, 5.41) is 4.94. The van der Waals surface area contributed by atoms with Crippen LogP contribution < -0.4 is 20.1 Å². The van der Waals surface area contributed by atoms with Crippen molar-refractivity contribution in [3.63, 3.8) is 0 Å². The third kappa shape index (κ3) is 8.11. The molecule has 0 radical (unpaired) electrons. The van der Waals surface area contributed by atoms with Crippen LogP contribution >= 0.6 is 0 Å². The third-order valence-corrected chi connectivity index (χ3v) is 6.25. The maximum atomic E-state index is 14.8. The molecule has 0 bridgehead atoms. The Balaban J connectivity index is 1.18. The van der Waals surface area contributed by atoms with Crippen LogP contribution in [0.25, 0.3) is 0 Å². The van der Waals surface area contributed by atoms with E-state index in [4.69, 9.17) is 18.9 Å². The molecule has 0 aromatic heterocycles. The normalized spacial score (nSPS) is 10.5. The van der Waals surface area contributed by atoms with Crippen molar-refractivity contribution in [3.05, 3.63) is 144 Å². The number of halogens is 4. The second-order valence-electron chi connectivity index (χ2n) is 9.54. The zero-order valence-corrected chi connectivity index (χ0v) is 23.8. The number of hydrogen-bond acceptors (Lipinski definition) is 6. The quantitative estimate of drug-likeness (QED) is 0.118. The van der Waals surface area contributed by atoms with E-state index in [2.05, 4.69) is 10.6 Å². The van der Waals surface area contributed by atoms with Gasteiger partial charge in [-0.3, -0.25) is 10.6 Å². The van der Waals surface area contributed by atoms with Gasteiger partial charge >= 0.3 is 12.2 Å². The van der Waals surface area contributed by atoms with Crippen molar-refractivity contribution >= 4 is 23.6 Å². The molecule has 2 amide bonds. The van der Waals surface area contributed by atoms with Crippen molar-refractivity contribution in [1.82, 2.24) is 0 Å². The van der Waals surface area contributed by atoms with E-state index in [1.165, 1.54) is 48.5 Å². The van der Waals surface area contributed by atoms with Gasteiger partial charge in [0.25, 0.3) is 0 Å². The second-order valence-corrected chi connectivity index (χ2v) is 9.54. The predicted octanol–water partition coefficient (Wildman–Crippen LogP) is 9.32. The number of rotatable bonds is 10. The fourth-order valence-electron chi connectivity index (χ4n) is 3.97. The van der Waals surface area contributed by atoms with Crippen molar-refractivity contribution < 1.29 is 46.1 Å². The van der Waals surface area contributed by atoms with E-state index in [0.29, 0.717) is 0 Å². The van der Waals surface area contributed by atoms with Crippen molar-refractivity contribution in [2.45, 2.75) is 13.2 Å². The lowest BCUT2D eigenvalue weighted by molar-refractivity contribution is 0.154. The minimum atomic E-state index is -1.83. The lowest BCUT2D eigenvalue weighted by atomic mass is 10.2. The highest BCUT2D eigenvalue weighted by Gasteiger charge is 2.29. The van der Waals surface area contributed by atoms with Crippen molar-refractivity contribution in [2.75, 3.05) is 10.6 Å². The molecule has 0 spiro atoms. The summed E-state index contributed by atoms with van der Waals surface area (Å²) in [5.74, 6) is -10.4. The highest BCUT2D eigenvalue weighted by Crippen LogP contribution is 2.39. The molecular weight excluding hydrogens is 608 g/mol. The van der Waals surface area contributed by atoms with Crippen LogP contribution in [0.15, 0.2) is 109 Å². The average molecular weight is 633 g/mol. The Morgan fingerprint density at radius 3 is 1.13 bits per heavy atom. The summed E-state index contributed by atoms with van der Waals surface area (Å²) in [6.45, 7) is 0.0789.